The number of primary sulfonamides is 2. The first-order chi connectivity index (χ1) is 15.9. The Labute approximate surface area is 196 Å². The summed E-state index contributed by atoms with van der Waals surface area (Å²) in [7, 11) is -7.99. The van der Waals surface area contributed by atoms with E-state index < -0.39 is 32.0 Å². The van der Waals surface area contributed by atoms with E-state index in [2.05, 4.69) is 5.32 Å². The average molecular weight is 501 g/mol. The summed E-state index contributed by atoms with van der Waals surface area (Å²) in [5.74, 6) is -0.609. The number of hydrogen-bond acceptors (Lipinski definition) is 7. The van der Waals surface area contributed by atoms with Crippen molar-refractivity contribution in [3.63, 3.8) is 0 Å². The second kappa shape index (κ2) is 8.57. The molecule has 12 heteroatoms. The second-order valence-electron chi connectivity index (χ2n) is 7.50. The van der Waals surface area contributed by atoms with E-state index in [1.54, 1.807) is 30.3 Å². The SMILES string of the molecule is NS(=O)(=O)c1cccc(NC2=CC(c3ccccc3O)N(c3cccc(S(N)(=O)=O)c3)C2=O)c1. The van der Waals surface area contributed by atoms with Crippen molar-refractivity contribution in [3.8, 4) is 5.75 Å². The van der Waals surface area contributed by atoms with Gasteiger partial charge < -0.3 is 10.4 Å². The fourth-order valence-electron chi connectivity index (χ4n) is 3.62. The fraction of sp³-hybridized carbons (Fsp3) is 0.0455. The molecule has 1 unspecified atom stereocenters. The molecule has 0 bridgehead atoms. The first-order valence-electron chi connectivity index (χ1n) is 9.81. The molecule has 0 saturated heterocycles. The van der Waals surface area contributed by atoms with Crippen molar-refractivity contribution >= 4 is 37.3 Å². The van der Waals surface area contributed by atoms with Gasteiger partial charge >= 0.3 is 0 Å². The van der Waals surface area contributed by atoms with E-state index in [1.807, 2.05) is 0 Å². The number of anilines is 2. The number of hydrogen-bond donors (Lipinski definition) is 4. The van der Waals surface area contributed by atoms with E-state index in [-0.39, 0.29) is 26.9 Å². The topological polar surface area (TPSA) is 173 Å². The summed E-state index contributed by atoms with van der Waals surface area (Å²) in [6.07, 6.45) is 1.55. The van der Waals surface area contributed by atoms with Crippen LogP contribution < -0.4 is 20.5 Å². The summed E-state index contributed by atoms with van der Waals surface area (Å²) in [6, 6.07) is 16.8. The maximum atomic E-state index is 13.4. The minimum atomic E-state index is -4.03. The summed E-state index contributed by atoms with van der Waals surface area (Å²) < 4.78 is 47.1. The lowest BCUT2D eigenvalue weighted by Crippen LogP contribution is -2.31. The number of nitrogens with one attached hydrogen (secondary N) is 1. The Morgan fingerprint density at radius 2 is 1.44 bits per heavy atom. The Hall–Kier alpha value is -3.71. The molecule has 0 radical (unpaired) electrons. The average Bonchev–Trinajstić information content (AvgIpc) is 3.09. The number of nitrogens with two attached hydrogens (primary N) is 2. The summed E-state index contributed by atoms with van der Waals surface area (Å²) in [6.45, 7) is 0. The number of nitrogens with zero attached hydrogens (tertiary/aromatic N) is 1. The number of carbonyl (C=O) groups excluding carboxylic acids is 1. The lowest BCUT2D eigenvalue weighted by Gasteiger charge is -2.26. The highest BCUT2D eigenvalue weighted by Crippen LogP contribution is 2.39. The molecule has 0 fully saturated rings. The summed E-state index contributed by atoms with van der Waals surface area (Å²) >= 11 is 0. The summed E-state index contributed by atoms with van der Waals surface area (Å²) in [5.41, 5.74) is 1.01. The first kappa shape index (κ1) is 23.4. The monoisotopic (exact) mass is 500 g/mol. The Morgan fingerprint density at radius 3 is 2.09 bits per heavy atom. The largest absolute Gasteiger partial charge is 0.508 e. The van der Waals surface area contributed by atoms with Crippen molar-refractivity contribution in [2.24, 2.45) is 10.3 Å². The lowest BCUT2D eigenvalue weighted by molar-refractivity contribution is -0.114. The molecule has 4 rings (SSSR count). The Balaban J connectivity index is 1.79. The van der Waals surface area contributed by atoms with E-state index in [4.69, 9.17) is 10.3 Å². The van der Waals surface area contributed by atoms with E-state index in [0.29, 0.717) is 11.3 Å². The van der Waals surface area contributed by atoms with Gasteiger partial charge in [-0.2, -0.15) is 0 Å². The molecule has 0 aromatic heterocycles. The van der Waals surface area contributed by atoms with E-state index in [9.17, 15) is 26.7 Å². The van der Waals surface area contributed by atoms with Gasteiger partial charge in [0, 0.05) is 16.9 Å². The van der Waals surface area contributed by atoms with Crippen LogP contribution in [0.4, 0.5) is 11.4 Å². The van der Waals surface area contributed by atoms with Crippen molar-refractivity contribution in [1.82, 2.24) is 0 Å². The van der Waals surface area contributed by atoms with Crippen molar-refractivity contribution in [3.05, 3.63) is 90.1 Å². The Bertz CT molecular complexity index is 1530. The molecule has 0 aliphatic carbocycles. The highest BCUT2D eigenvalue weighted by molar-refractivity contribution is 7.89. The van der Waals surface area contributed by atoms with Crippen LogP contribution in [-0.4, -0.2) is 27.8 Å². The van der Waals surface area contributed by atoms with Crippen LogP contribution >= 0.6 is 0 Å². The zero-order valence-electron chi connectivity index (χ0n) is 17.5. The summed E-state index contributed by atoms with van der Waals surface area (Å²) in [4.78, 5) is 14.4. The van der Waals surface area contributed by atoms with Crippen LogP contribution in [0.3, 0.4) is 0 Å². The standard InChI is InChI=1S/C22H20N4O6S2/c23-33(29,30)16-7-3-5-14(11-16)25-19-13-20(18-9-1-2-10-21(18)27)26(22(19)28)15-6-4-8-17(12-15)34(24,31)32/h1-13,20,25,27H,(H2,23,29,30)(H2,24,31,32). The molecular formula is C22H20N4O6S2. The highest BCUT2D eigenvalue weighted by Gasteiger charge is 2.36. The molecule has 1 amide bonds. The van der Waals surface area contributed by atoms with Crippen molar-refractivity contribution in [1.29, 1.82) is 0 Å². The first-order valence-corrected chi connectivity index (χ1v) is 12.9. The van der Waals surface area contributed by atoms with Gasteiger partial charge in [0.1, 0.15) is 11.4 Å². The number of benzene rings is 3. The predicted molar refractivity (Wildman–Crippen MR) is 126 cm³/mol. The minimum absolute atomic E-state index is 0.0679. The quantitative estimate of drug-likeness (QED) is 0.399. The van der Waals surface area contributed by atoms with Gasteiger partial charge in [-0.3, -0.25) is 9.69 Å². The number of phenolic OH excluding ortho intramolecular Hbond substituents is 1. The van der Waals surface area contributed by atoms with Crippen molar-refractivity contribution in [2.45, 2.75) is 15.8 Å². The van der Waals surface area contributed by atoms with Crippen LogP contribution in [0, 0.1) is 0 Å². The maximum Gasteiger partial charge on any atom is 0.275 e. The number of rotatable bonds is 6. The van der Waals surface area contributed by atoms with Crippen LogP contribution in [0.1, 0.15) is 11.6 Å². The minimum Gasteiger partial charge on any atom is -0.508 e. The van der Waals surface area contributed by atoms with Crippen molar-refractivity contribution in [2.75, 3.05) is 10.2 Å². The third-order valence-electron chi connectivity index (χ3n) is 5.17. The maximum absolute atomic E-state index is 13.4. The second-order valence-corrected chi connectivity index (χ2v) is 10.6. The van der Waals surface area contributed by atoms with E-state index >= 15 is 0 Å². The van der Waals surface area contributed by atoms with Crippen LogP contribution in [0.2, 0.25) is 0 Å². The Kier molecular flexibility index (Phi) is 5.91. The van der Waals surface area contributed by atoms with Gasteiger partial charge in [0.15, 0.2) is 0 Å². The van der Waals surface area contributed by atoms with Gasteiger partial charge in [-0.15, -0.1) is 0 Å². The van der Waals surface area contributed by atoms with E-state index in [0.717, 1.165) is 0 Å². The molecule has 10 nitrogen and oxygen atoms in total. The van der Waals surface area contributed by atoms with Gasteiger partial charge in [0.2, 0.25) is 20.0 Å². The number of para-hydroxylation sites is 1. The molecule has 1 atom stereocenters. The van der Waals surface area contributed by atoms with Gasteiger partial charge in [0.05, 0.1) is 15.8 Å². The third kappa shape index (κ3) is 4.65. The Morgan fingerprint density at radius 1 is 0.824 bits per heavy atom. The molecule has 1 aliphatic rings. The molecule has 0 saturated carbocycles. The number of aromatic hydroxyl groups is 1. The van der Waals surface area contributed by atoms with Gasteiger partial charge in [-0.05, 0) is 48.5 Å². The smallest absolute Gasteiger partial charge is 0.275 e. The molecule has 176 valence electrons. The molecule has 0 spiro atoms. The molecule has 3 aromatic rings. The number of amides is 1. The number of carbonyl (C=O) groups is 1. The predicted octanol–water partition coefficient (Wildman–Crippen LogP) is 1.77. The zero-order valence-corrected chi connectivity index (χ0v) is 19.1. The molecule has 1 heterocycles. The van der Waals surface area contributed by atoms with Crippen LogP contribution in [0.15, 0.2) is 94.4 Å². The van der Waals surface area contributed by atoms with Crippen LogP contribution in [0.25, 0.3) is 0 Å². The van der Waals surface area contributed by atoms with Crippen molar-refractivity contribution < 1.29 is 26.7 Å². The molecular weight excluding hydrogens is 480 g/mol. The third-order valence-corrected chi connectivity index (χ3v) is 7.00. The molecule has 1 aliphatic heterocycles. The van der Waals surface area contributed by atoms with Crippen LogP contribution in [-0.2, 0) is 24.8 Å². The van der Waals surface area contributed by atoms with Crippen LogP contribution in [0.5, 0.6) is 5.75 Å². The summed E-state index contributed by atoms with van der Waals surface area (Å²) in [5, 5.41) is 23.8. The molecule has 3 aromatic carbocycles. The molecule has 34 heavy (non-hydrogen) atoms. The fourth-order valence-corrected chi connectivity index (χ4v) is 4.73. The normalized spacial score (nSPS) is 16.4. The van der Waals surface area contributed by atoms with Gasteiger partial charge in [0.25, 0.3) is 5.91 Å². The molecule has 6 N–H and O–H groups in total. The van der Waals surface area contributed by atoms with Gasteiger partial charge in [-0.1, -0.05) is 30.3 Å². The van der Waals surface area contributed by atoms with E-state index in [1.165, 1.54) is 53.4 Å². The number of phenols is 1. The van der Waals surface area contributed by atoms with Gasteiger partial charge in [-0.25, -0.2) is 27.1 Å². The highest BCUT2D eigenvalue weighted by atomic mass is 32.2. The zero-order chi connectivity index (χ0) is 24.7. The lowest BCUT2D eigenvalue weighted by atomic mass is 10.0. The number of sulfonamides is 2.